The van der Waals surface area contributed by atoms with Gasteiger partial charge in [-0.2, -0.15) is 5.26 Å². The second kappa shape index (κ2) is 8.70. The molecule has 1 saturated heterocycles. The highest BCUT2D eigenvalue weighted by molar-refractivity contribution is 5.53. The Bertz CT molecular complexity index is 747. The first-order chi connectivity index (χ1) is 12.7. The number of rotatable bonds is 6. The second-order valence-electron chi connectivity index (χ2n) is 6.68. The fourth-order valence-corrected chi connectivity index (χ4v) is 3.26. The van der Waals surface area contributed by atoms with Gasteiger partial charge in [-0.1, -0.05) is 18.2 Å². The molecule has 1 fully saturated rings. The normalized spacial score (nSPS) is 16.1. The van der Waals surface area contributed by atoms with Gasteiger partial charge < -0.3 is 14.7 Å². The Kier molecular flexibility index (Phi) is 6.11. The number of hydrogen-bond acceptors (Lipinski definition) is 5. The number of nitrogens with zero attached hydrogens (tertiary/aromatic N) is 3. The van der Waals surface area contributed by atoms with E-state index in [4.69, 9.17) is 10.00 Å². The van der Waals surface area contributed by atoms with Gasteiger partial charge in [-0.15, -0.1) is 0 Å². The molecule has 1 heterocycles. The van der Waals surface area contributed by atoms with Crippen molar-refractivity contribution in [3.63, 3.8) is 0 Å². The zero-order chi connectivity index (χ0) is 18.4. The predicted octanol–water partition coefficient (Wildman–Crippen LogP) is 2.43. The SMILES string of the molecule is Cc1ccccc1N1CCN(C[C@@H](O)COc2ccc(C#N)cc2)CC1. The van der Waals surface area contributed by atoms with Crippen molar-refractivity contribution >= 4 is 5.69 Å². The van der Waals surface area contributed by atoms with E-state index in [9.17, 15) is 5.11 Å². The fourth-order valence-electron chi connectivity index (χ4n) is 3.26. The number of hydrogen-bond donors (Lipinski definition) is 1. The van der Waals surface area contributed by atoms with Crippen LogP contribution >= 0.6 is 0 Å². The molecular weight excluding hydrogens is 326 g/mol. The van der Waals surface area contributed by atoms with E-state index >= 15 is 0 Å². The van der Waals surface area contributed by atoms with Crippen molar-refractivity contribution < 1.29 is 9.84 Å². The first-order valence-electron chi connectivity index (χ1n) is 8.99. The van der Waals surface area contributed by atoms with E-state index in [-0.39, 0.29) is 6.61 Å². The lowest BCUT2D eigenvalue weighted by Gasteiger charge is -2.37. The Labute approximate surface area is 155 Å². The maximum Gasteiger partial charge on any atom is 0.119 e. The summed E-state index contributed by atoms with van der Waals surface area (Å²) in [5.74, 6) is 0.674. The Hall–Kier alpha value is -2.55. The number of para-hydroxylation sites is 1. The minimum Gasteiger partial charge on any atom is -0.491 e. The van der Waals surface area contributed by atoms with Crippen LogP contribution in [0.3, 0.4) is 0 Å². The van der Waals surface area contributed by atoms with Crippen LogP contribution in [0.5, 0.6) is 5.75 Å². The number of anilines is 1. The van der Waals surface area contributed by atoms with E-state index in [1.165, 1.54) is 11.3 Å². The third-order valence-electron chi connectivity index (χ3n) is 4.72. The Morgan fingerprint density at radius 3 is 2.42 bits per heavy atom. The van der Waals surface area contributed by atoms with Crippen LogP contribution in [0, 0.1) is 18.3 Å². The monoisotopic (exact) mass is 351 g/mol. The summed E-state index contributed by atoms with van der Waals surface area (Å²) >= 11 is 0. The Morgan fingerprint density at radius 1 is 1.08 bits per heavy atom. The summed E-state index contributed by atoms with van der Waals surface area (Å²) in [6.07, 6.45) is -0.532. The van der Waals surface area contributed by atoms with Crippen molar-refractivity contribution in [2.75, 3.05) is 44.2 Å². The van der Waals surface area contributed by atoms with Gasteiger partial charge in [0.05, 0.1) is 11.6 Å². The molecule has 0 unspecified atom stereocenters. The molecule has 1 aliphatic rings. The van der Waals surface area contributed by atoms with Crippen LogP contribution in [0.2, 0.25) is 0 Å². The van der Waals surface area contributed by atoms with E-state index < -0.39 is 6.10 Å². The number of aliphatic hydroxyl groups is 1. The number of benzene rings is 2. The molecule has 0 spiro atoms. The molecule has 0 aliphatic carbocycles. The summed E-state index contributed by atoms with van der Waals surface area (Å²) in [6, 6.07) is 17.5. The van der Waals surface area contributed by atoms with Gasteiger partial charge in [0.15, 0.2) is 0 Å². The molecule has 0 amide bonds. The minimum absolute atomic E-state index is 0.254. The lowest BCUT2D eigenvalue weighted by Crippen LogP contribution is -2.49. The molecule has 1 atom stereocenters. The molecule has 1 aliphatic heterocycles. The molecule has 3 rings (SSSR count). The van der Waals surface area contributed by atoms with Crippen LogP contribution < -0.4 is 9.64 Å². The minimum atomic E-state index is -0.532. The number of ether oxygens (including phenoxy) is 1. The molecule has 136 valence electrons. The highest BCUT2D eigenvalue weighted by Crippen LogP contribution is 2.20. The third kappa shape index (κ3) is 4.75. The number of nitriles is 1. The van der Waals surface area contributed by atoms with Crippen LogP contribution in [-0.4, -0.2) is 55.4 Å². The van der Waals surface area contributed by atoms with Crippen LogP contribution in [0.1, 0.15) is 11.1 Å². The molecule has 26 heavy (non-hydrogen) atoms. The third-order valence-corrected chi connectivity index (χ3v) is 4.72. The molecule has 0 radical (unpaired) electrons. The standard InChI is InChI=1S/C21H25N3O2/c1-17-4-2-3-5-21(17)24-12-10-23(11-13-24)15-19(25)16-26-20-8-6-18(14-22)7-9-20/h2-9,19,25H,10-13,15-16H2,1H3/t19-/m1/s1. The number of aryl methyl sites for hydroxylation is 1. The van der Waals surface area contributed by atoms with Gasteiger partial charge >= 0.3 is 0 Å². The van der Waals surface area contributed by atoms with Crippen LogP contribution in [0.4, 0.5) is 5.69 Å². The van der Waals surface area contributed by atoms with Crippen molar-refractivity contribution in [2.45, 2.75) is 13.0 Å². The smallest absolute Gasteiger partial charge is 0.119 e. The summed E-state index contributed by atoms with van der Waals surface area (Å²) in [4.78, 5) is 4.69. The predicted molar refractivity (Wildman–Crippen MR) is 102 cm³/mol. The molecule has 0 bridgehead atoms. The van der Waals surface area contributed by atoms with Crippen molar-refractivity contribution in [1.82, 2.24) is 4.90 Å². The quantitative estimate of drug-likeness (QED) is 0.866. The fraction of sp³-hybridized carbons (Fsp3) is 0.381. The average molecular weight is 351 g/mol. The Balaban J connectivity index is 1.42. The lowest BCUT2D eigenvalue weighted by molar-refractivity contribution is 0.0663. The molecule has 2 aromatic rings. The van der Waals surface area contributed by atoms with Crippen molar-refractivity contribution in [3.05, 3.63) is 59.7 Å². The maximum atomic E-state index is 10.3. The van der Waals surface area contributed by atoms with Gasteiger partial charge in [0.2, 0.25) is 0 Å². The summed E-state index contributed by atoms with van der Waals surface area (Å²) in [5, 5.41) is 19.1. The van der Waals surface area contributed by atoms with Crippen LogP contribution in [0.25, 0.3) is 0 Å². The van der Waals surface area contributed by atoms with Crippen molar-refractivity contribution in [3.8, 4) is 11.8 Å². The molecule has 5 nitrogen and oxygen atoms in total. The van der Waals surface area contributed by atoms with E-state index in [1.54, 1.807) is 24.3 Å². The number of aliphatic hydroxyl groups excluding tert-OH is 1. The first-order valence-corrected chi connectivity index (χ1v) is 8.99. The Morgan fingerprint density at radius 2 is 1.77 bits per heavy atom. The maximum absolute atomic E-state index is 10.3. The van der Waals surface area contributed by atoms with E-state index in [1.807, 2.05) is 0 Å². The molecule has 1 N–H and O–H groups in total. The number of β-amino-alcohol motifs (C(OH)–C–C–N with tert-alkyl or cyclic N) is 1. The van der Waals surface area contributed by atoms with Gasteiger partial charge in [-0.3, -0.25) is 4.90 Å². The van der Waals surface area contributed by atoms with Crippen LogP contribution in [-0.2, 0) is 0 Å². The van der Waals surface area contributed by atoms with E-state index in [0.29, 0.717) is 17.9 Å². The number of piperazine rings is 1. The average Bonchev–Trinajstić information content (AvgIpc) is 2.68. The van der Waals surface area contributed by atoms with Gasteiger partial charge in [0, 0.05) is 38.4 Å². The lowest BCUT2D eigenvalue weighted by atomic mass is 10.1. The van der Waals surface area contributed by atoms with Gasteiger partial charge in [-0.25, -0.2) is 0 Å². The topological polar surface area (TPSA) is 59.7 Å². The molecular formula is C21H25N3O2. The summed E-state index contributed by atoms with van der Waals surface area (Å²) in [7, 11) is 0. The van der Waals surface area contributed by atoms with Crippen molar-refractivity contribution in [2.24, 2.45) is 0 Å². The molecule has 0 aromatic heterocycles. The van der Waals surface area contributed by atoms with Crippen molar-refractivity contribution in [1.29, 1.82) is 5.26 Å². The van der Waals surface area contributed by atoms with Gasteiger partial charge in [0.1, 0.15) is 18.5 Å². The largest absolute Gasteiger partial charge is 0.491 e. The van der Waals surface area contributed by atoms with E-state index in [2.05, 4.69) is 47.1 Å². The zero-order valence-corrected chi connectivity index (χ0v) is 15.1. The summed E-state index contributed by atoms with van der Waals surface area (Å²) in [6.45, 7) is 6.81. The van der Waals surface area contributed by atoms with Gasteiger partial charge in [0.25, 0.3) is 0 Å². The first kappa shape index (κ1) is 18.2. The summed E-state index contributed by atoms with van der Waals surface area (Å²) in [5.41, 5.74) is 3.21. The van der Waals surface area contributed by atoms with Crippen LogP contribution in [0.15, 0.2) is 48.5 Å². The van der Waals surface area contributed by atoms with Gasteiger partial charge in [-0.05, 0) is 42.8 Å². The second-order valence-corrected chi connectivity index (χ2v) is 6.68. The molecule has 5 heteroatoms. The highest BCUT2D eigenvalue weighted by atomic mass is 16.5. The highest BCUT2D eigenvalue weighted by Gasteiger charge is 2.20. The molecule has 2 aromatic carbocycles. The summed E-state index contributed by atoms with van der Waals surface area (Å²) < 4.78 is 5.62. The molecule has 0 saturated carbocycles. The van der Waals surface area contributed by atoms with E-state index in [0.717, 1.165) is 26.2 Å². The zero-order valence-electron chi connectivity index (χ0n) is 15.1.